The number of amides is 2. The van der Waals surface area contributed by atoms with E-state index in [2.05, 4.69) is 5.32 Å². The second kappa shape index (κ2) is 12.8. The van der Waals surface area contributed by atoms with Gasteiger partial charge in [-0.3, -0.25) is 23.8 Å². The SMILES string of the molecule is O=C(O)CCC/C=C\C[C@H]1[C@@H](CN(O)C(=O)CNC(=O)CS(=O)c2ccccc2)[C@H]2CC[C@@H]1O2. The molecule has 9 nitrogen and oxygen atoms in total. The molecule has 3 N–H and O–H groups in total. The van der Waals surface area contributed by atoms with Crippen molar-refractivity contribution in [3.63, 3.8) is 0 Å². The maximum atomic E-state index is 12.4. The van der Waals surface area contributed by atoms with Crippen LogP contribution in [0.4, 0.5) is 0 Å². The highest BCUT2D eigenvalue weighted by Crippen LogP contribution is 2.45. The number of carbonyl (C=O) groups excluding carboxylic acids is 2. The first kappa shape index (κ1) is 26.1. The van der Waals surface area contributed by atoms with Crippen molar-refractivity contribution in [3.05, 3.63) is 42.5 Å². The molecular weight excluding hydrogens is 460 g/mol. The van der Waals surface area contributed by atoms with Crippen LogP contribution in [0, 0.1) is 11.8 Å². The van der Waals surface area contributed by atoms with E-state index in [9.17, 15) is 23.8 Å². The highest BCUT2D eigenvalue weighted by Gasteiger charge is 2.48. The Morgan fingerprint density at radius 1 is 1.12 bits per heavy atom. The van der Waals surface area contributed by atoms with Crippen LogP contribution in [0.5, 0.6) is 0 Å². The van der Waals surface area contributed by atoms with Crippen molar-refractivity contribution < 1.29 is 33.6 Å². The van der Waals surface area contributed by atoms with E-state index < -0.39 is 28.6 Å². The lowest BCUT2D eigenvalue weighted by atomic mass is 9.77. The summed E-state index contributed by atoms with van der Waals surface area (Å²) < 4.78 is 18.2. The Morgan fingerprint density at radius 2 is 1.82 bits per heavy atom. The summed E-state index contributed by atoms with van der Waals surface area (Å²) in [4.78, 5) is 35.6. The average Bonchev–Trinajstić information content (AvgIpc) is 3.42. The van der Waals surface area contributed by atoms with Crippen molar-refractivity contribution >= 4 is 28.6 Å². The van der Waals surface area contributed by atoms with Crippen LogP contribution in [0.1, 0.15) is 38.5 Å². The molecule has 2 fully saturated rings. The lowest BCUT2D eigenvalue weighted by molar-refractivity contribution is -0.168. The highest BCUT2D eigenvalue weighted by atomic mass is 32.2. The van der Waals surface area contributed by atoms with Crippen molar-refractivity contribution in [2.45, 2.75) is 55.6 Å². The van der Waals surface area contributed by atoms with E-state index in [1.807, 2.05) is 12.2 Å². The number of carboxylic acid groups (broad SMARTS) is 1. The molecule has 1 aromatic carbocycles. The summed E-state index contributed by atoms with van der Waals surface area (Å²) >= 11 is 0. The fraction of sp³-hybridized carbons (Fsp3) is 0.542. The fourth-order valence-electron chi connectivity index (χ4n) is 4.59. The van der Waals surface area contributed by atoms with Crippen molar-refractivity contribution in [2.75, 3.05) is 18.8 Å². The van der Waals surface area contributed by atoms with E-state index in [1.54, 1.807) is 30.3 Å². The lowest BCUT2D eigenvalue weighted by Crippen LogP contribution is -2.44. The Morgan fingerprint density at radius 3 is 2.53 bits per heavy atom. The smallest absolute Gasteiger partial charge is 0.303 e. The van der Waals surface area contributed by atoms with Gasteiger partial charge in [0, 0.05) is 17.2 Å². The van der Waals surface area contributed by atoms with Gasteiger partial charge in [-0.2, -0.15) is 0 Å². The van der Waals surface area contributed by atoms with Crippen LogP contribution in [0.3, 0.4) is 0 Å². The summed E-state index contributed by atoms with van der Waals surface area (Å²) in [6.07, 6.45) is 8.08. The van der Waals surface area contributed by atoms with E-state index >= 15 is 0 Å². The molecule has 0 spiro atoms. The van der Waals surface area contributed by atoms with Gasteiger partial charge in [0.25, 0.3) is 5.91 Å². The van der Waals surface area contributed by atoms with Gasteiger partial charge in [0.05, 0.1) is 36.1 Å². The van der Waals surface area contributed by atoms with Gasteiger partial charge < -0.3 is 15.2 Å². The number of benzene rings is 1. The van der Waals surface area contributed by atoms with Gasteiger partial charge in [0.1, 0.15) is 5.75 Å². The summed E-state index contributed by atoms with van der Waals surface area (Å²) in [7, 11) is -1.51. The third-order valence-corrected chi connectivity index (χ3v) is 7.63. The number of rotatable bonds is 13. The molecule has 2 bridgehead atoms. The van der Waals surface area contributed by atoms with E-state index in [0.717, 1.165) is 19.3 Å². The Bertz CT molecular complexity index is 908. The zero-order valence-corrected chi connectivity index (χ0v) is 19.8. The number of allylic oxidation sites excluding steroid dienone is 2. The monoisotopic (exact) mass is 492 g/mol. The molecule has 1 aromatic rings. The minimum absolute atomic E-state index is 0.0132. The third-order valence-electron chi connectivity index (χ3n) is 6.30. The number of hydrogen-bond acceptors (Lipinski definition) is 6. The Labute approximate surface area is 201 Å². The molecule has 34 heavy (non-hydrogen) atoms. The van der Waals surface area contributed by atoms with Gasteiger partial charge >= 0.3 is 5.97 Å². The van der Waals surface area contributed by atoms with Gasteiger partial charge in [-0.05, 0) is 50.2 Å². The zero-order valence-electron chi connectivity index (χ0n) is 19.0. The first-order valence-corrected chi connectivity index (χ1v) is 12.9. The molecule has 0 aliphatic carbocycles. The quantitative estimate of drug-likeness (QED) is 0.166. The molecule has 0 aromatic heterocycles. The van der Waals surface area contributed by atoms with E-state index in [-0.39, 0.29) is 49.3 Å². The molecule has 2 saturated heterocycles. The van der Waals surface area contributed by atoms with Crippen LogP contribution in [-0.4, -0.2) is 68.4 Å². The summed E-state index contributed by atoms with van der Waals surface area (Å²) in [5, 5.41) is 22.1. The lowest BCUT2D eigenvalue weighted by Gasteiger charge is -2.29. The molecule has 0 radical (unpaired) electrons. The van der Waals surface area contributed by atoms with Gasteiger partial charge in [-0.15, -0.1) is 0 Å². The number of hydroxylamine groups is 2. The number of fused-ring (bicyclic) bond motifs is 2. The minimum Gasteiger partial charge on any atom is -0.481 e. The van der Waals surface area contributed by atoms with Gasteiger partial charge in [0.2, 0.25) is 5.91 Å². The first-order chi connectivity index (χ1) is 16.3. The maximum absolute atomic E-state index is 12.4. The molecule has 2 aliphatic rings. The summed E-state index contributed by atoms with van der Waals surface area (Å²) in [5.74, 6) is -2.08. The summed E-state index contributed by atoms with van der Waals surface area (Å²) in [6, 6.07) is 8.60. The minimum atomic E-state index is -1.51. The van der Waals surface area contributed by atoms with Crippen LogP contribution >= 0.6 is 0 Å². The molecule has 10 heteroatoms. The van der Waals surface area contributed by atoms with Gasteiger partial charge in [0.15, 0.2) is 0 Å². The number of carbonyl (C=O) groups is 3. The van der Waals surface area contributed by atoms with Crippen molar-refractivity contribution in [1.82, 2.24) is 10.4 Å². The van der Waals surface area contributed by atoms with Crippen molar-refractivity contribution in [1.29, 1.82) is 0 Å². The van der Waals surface area contributed by atoms with Crippen LogP contribution in [0.15, 0.2) is 47.4 Å². The molecule has 2 aliphatic heterocycles. The topological polar surface area (TPSA) is 133 Å². The van der Waals surface area contributed by atoms with E-state index in [4.69, 9.17) is 9.84 Å². The van der Waals surface area contributed by atoms with E-state index in [1.165, 1.54) is 0 Å². The number of nitrogens with one attached hydrogen (secondary N) is 1. The number of hydrogen-bond donors (Lipinski definition) is 3. The number of unbranched alkanes of at least 4 members (excludes halogenated alkanes) is 1. The van der Waals surface area contributed by atoms with Crippen molar-refractivity contribution in [2.24, 2.45) is 11.8 Å². The number of ether oxygens (including phenoxy) is 1. The van der Waals surface area contributed by atoms with E-state index in [0.29, 0.717) is 22.8 Å². The van der Waals surface area contributed by atoms with Crippen molar-refractivity contribution in [3.8, 4) is 0 Å². The summed E-state index contributed by atoms with van der Waals surface area (Å²) in [6.45, 7) is -0.263. The zero-order chi connectivity index (χ0) is 24.5. The predicted molar refractivity (Wildman–Crippen MR) is 124 cm³/mol. The molecular formula is C24H32N2O7S. The van der Waals surface area contributed by atoms with Crippen LogP contribution in [0.2, 0.25) is 0 Å². The average molecular weight is 493 g/mol. The maximum Gasteiger partial charge on any atom is 0.303 e. The second-order valence-corrected chi connectivity index (χ2v) is 10.1. The van der Waals surface area contributed by atoms with Gasteiger partial charge in [-0.1, -0.05) is 30.4 Å². The Hall–Kier alpha value is -2.56. The predicted octanol–water partition coefficient (Wildman–Crippen LogP) is 2.12. The fourth-order valence-corrected chi connectivity index (χ4v) is 5.55. The Balaban J connectivity index is 1.42. The number of nitrogens with zero attached hydrogens (tertiary/aromatic N) is 1. The molecule has 2 amide bonds. The molecule has 5 atom stereocenters. The second-order valence-electron chi connectivity index (χ2n) is 8.67. The van der Waals surface area contributed by atoms with Crippen LogP contribution in [-0.2, 0) is 29.9 Å². The van der Waals surface area contributed by atoms with Gasteiger partial charge in [-0.25, -0.2) is 5.06 Å². The molecule has 186 valence electrons. The first-order valence-electron chi connectivity index (χ1n) is 11.6. The third kappa shape index (κ3) is 7.48. The normalized spacial score (nSPS) is 24.3. The summed E-state index contributed by atoms with van der Waals surface area (Å²) in [5.41, 5.74) is 0. The van der Waals surface area contributed by atoms with Crippen LogP contribution < -0.4 is 5.32 Å². The highest BCUT2D eigenvalue weighted by molar-refractivity contribution is 7.85. The molecule has 2 heterocycles. The Kier molecular flexibility index (Phi) is 9.79. The molecule has 1 unspecified atom stereocenters. The largest absolute Gasteiger partial charge is 0.481 e. The molecule has 3 rings (SSSR count). The number of carboxylic acids is 1. The van der Waals surface area contributed by atoms with Crippen LogP contribution in [0.25, 0.3) is 0 Å². The number of aliphatic carboxylic acids is 1. The molecule has 0 saturated carbocycles. The standard InChI is InChI=1S/C24H32N2O7S/c27-22(16-34(32)17-8-4-3-5-9-17)25-14-23(28)26(31)15-19-18(20-12-13-21(19)33-20)10-6-1-2-7-11-24(29)30/h1,3-6,8-9,18-21,31H,2,7,10-16H2,(H,25,27)(H,29,30)/b6-1-/t18-,19+,20-,21+,34?/m0/s1.